The van der Waals surface area contributed by atoms with Gasteiger partial charge < -0.3 is 15.1 Å². The number of carbonyl (C=O) groups excluding carboxylic acids is 1. The molecule has 15 heavy (non-hydrogen) atoms. The molecular formula is C7H13N5O3. The van der Waals surface area contributed by atoms with Crippen molar-refractivity contribution in [3.05, 3.63) is 6.33 Å². The summed E-state index contributed by atoms with van der Waals surface area (Å²) in [5.74, 6) is -0.245. The van der Waals surface area contributed by atoms with Gasteiger partial charge in [0.05, 0.1) is 13.2 Å². The fourth-order valence-electron chi connectivity index (χ4n) is 1.09. The molecule has 0 bridgehead atoms. The van der Waals surface area contributed by atoms with Crippen LogP contribution in [0.15, 0.2) is 6.33 Å². The van der Waals surface area contributed by atoms with E-state index in [2.05, 4.69) is 15.5 Å². The lowest BCUT2D eigenvalue weighted by Gasteiger charge is -2.20. The molecular weight excluding hydrogens is 202 g/mol. The van der Waals surface area contributed by atoms with Gasteiger partial charge in [0.25, 0.3) is 0 Å². The lowest BCUT2D eigenvalue weighted by molar-refractivity contribution is -0.133. The number of aromatic nitrogens is 4. The van der Waals surface area contributed by atoms with Crippen molar-refractivity contribution in [1.82, 2.24) is 25.1 Å². The van der Waals surface area contributed by atoms with E-state index in [1.54, 1.807) is 0 Å². The third-order valence-corrected chi connectivity index (χ3v) is 1.78. The molecule has 1 rings (SSSR count). The van der Waals surface area contributed by atoms with Crippen molar-refractivity contribution in [3.63, 3.8) is 0 Å². The highest BCUT2D eigenvalue weighted by Gasteiger charge is 2.13. The van der Waals surface area contributed by atoms with Gasteiger partial charge in [-0.25, -0.2) is 4.68 Å². The van der Waals surface area contributed by atoms with E-state index in [-0.39, 0.29) is 38.8 Å². The summed E-state index contributed by atoms with van der Waals surface area (Å²) in [6.45, 7) is 0.124. The van der Waals surface area contributed by atoms with Crippen molar-refractivity contribution in [2.45, 2.75) is 6.54 Å². The molecule has 0 aliphatic rings. The van der Waals surface area contributed by atoms with Crippen molar-refractivity contribution in [2.24, 2.45) is 0 Å². The molecule has 1 heterocycles. The Hall–Kier alpha value is -1.54. The molecule has 0 spiro atoms. The molecule has 0 radical (unpaired) electrons. The lowest BCUT2D eigenvalue weighted by Crippen LogP contribution is -2.38. The summed E-state index contributed by atoms with van der Waals surface area (Å²) in [7, 11) is 0. The average molecular weight is 215 g/mol. The molecule has 1 amide bonds. The molecule has 1 aromatic rings. The minimum atomic E-state index is -0.245. The summed E-state index contributed by atoms with van der Waals surface area (Å²) in [6, 6.07) is 0. The highest BCUT2D eigenvalue weighted by atomic mass is 16.3. The number of hydrogen-bond donors (Lipinski definition) is 2. The smallest absolute Gasteiger partial charge is 0.244 e. The largest absolute Gasteiger partial charge is 0.395 e. The third kappa shape index (κ3) is 3.60. The molecule has 1 aromatic heterocycles. The molecule has 0 unspecified atom stereocenters. The van der Waals surface area contributed by atoms with Crippen LogP contribution in [0.4, 0.5) is 0 Å². The van der Waals surface area contributed by atoms with Crippen LogP contribution in [-0.4, -0.2) is 67.5 Å². The zero-order valence-electron chi connectivity index (χ0n) is 8.15. The normalized spacial score (nSPS) is 10.3. The van der Waals surface area contributed by atoms with E-state index in [1.165, 1.54) is 15.9 Å². The summed E-state index contributed by atoms with van der Waals surface area (Å²) >= 11 is 0. The van der Waals surface area contributed by atoms with E-state index in [4.69, 9.17) is 10.2 Å². The van der Waals surface area contributed by atoms with Crippen molar-refractivity contribution >= 4 is 5.91 Å². The first-order valence-electron chi connectivity index (χ1n) is 4.48. The molecule has 2 N–H and O–H groups in total. The van der Waals surface area contributed by atoms with Gasteiger partial charge in [-0.15, -0.1) is 5.10 Å². The summed E-state index contributed by atoms with van der Waals surface area (Å²) in [4.78, 5) is 12.9. The molecule has 0 aromatic carbocycles. The molecule has 8 nitrogen and oxygen atoms in total. The first kappa shape index (κ1) is 11.5. The fraction of sp³-hybridized carbons (Fsp3) is 0.714. The highest BCUT2D eigenvalue weighted by molar-refractivity contribution is 5.75. The summed E-state index contributed by atoms with van der Waals surface area (Å²) in [5, 5.41) is 27.8. The summed E-state index contributed by atoms with van der Waals surface area (Å²) in [5.41, 5.74) is 0. The molecule has 0 fully saturated rings. The number of aliphatic hydroxyl groups is 2. The van der Waals surface area contributed by atoms with Crippen LogP contribution >= 0.6 is 0 Å². The van der Waals surface area contributed by atoms with E-state index < -0.39 is 0 Å². The van der Waals surface area contributed by atoms with Gasteiger partial charge in [-0.3, -0.25) is 4.79 Å². The van der Waals surface area contributed by atoms with Gasteiger partial charge in [0.15, 0.2) is 0 Å². The summed E-state index contributed by atoms with van der Waals surface area (Å²) < 4.78 is 1.28. The molecule has 0 saturated carbocycles. The Balaban J connectivity index is 2.48. The van der Waals surface area contributed by atoms with E-state index in [9.17, 15) is 4.79 Å². The number of tetrazole rings is 1. The van der Waals surface area contributed by atoms with Gasteiger partial charge in [0, 0.05) is 13.1 Å². The van der Waals surface area contributed by atoms with Gasteiger partial charge in [0.1, 0.15) is 12.9 Å². The Morgan fingerprint density at radius 1 is 1.33 bits per heavy atom. The Morgan fingerprint density at radius 3 is 2.47 bits per heavy atom. The quantitative estimate of drug-likeness (QED) is 0.543. The third-order valence-electron chi connectivity index (χ3n) is 1.78. The molecule has 0 atom stereocenters. The Morgan fingerprint density at radius 2 is 2.00 bits per heavy atom. The Kier molecular flexibility index (Phi) is 4.64. The first-order chi connectivity index (χ1) is 7.27. The molecule has 0 aliphatic heterocycles. The van der Waals surface area contributed by atoms with Crippen LogP contribution in [0.3, 0.4) is 0 Å². The maximum Gasteiger partial charge on any atom is 0.244 e. The van der Waals surface area contributed by atoms with E-state index >= 15 is 0 Å². The zero-order chi connectivity index (χ0) is 11.1. The van der Waals surface area contributed by atoms with Crippen molar-refractivity contribution < 1.29 is 15.0 Å². The summed E-state index contributed by atoms with van der Waals surface area (Å²) in [6.07, 6.45) is 1.33. The number of amides is 1. The van der Waals surface area contributed by atoms with Gasteiger partial charge in [-0.2, -0.15) is 0 Å². The number of rotatable bonds is 6. The SMILES string of the molecule is O=C(Cn1cnnn1)N(CCO)CCO. The van der Waals surface area contributed by atoms with Gasteiger partial charge in [0.2, 0.25) is 5.91 Å². The maximum absolute atomic E-state index is 11.6. The van der Waals surface area contributed by atoms with Crippen molar-refractivity contribution in [3.8, 4) is 0 Å². The second-order valence-corrected chi connectivity index (χ2v) is 2.84. The number of nitrogens with zero attached hydrogens (tertiary/aromatic N) is 5. The predicted molar refractivity (Wildman–Crippen MR) is 48.6 cm³/mol. The minimum absolute atomic E-state index is 0.00694. The molecule has 84 valence electrons. The van der Waals surface area contributed by atoms with Crippen LogP contribution in [0.2, 0.25) is 0 Å². The fourth-order valence-corrected chi connectivity index (χ4v) is 1.09. The second kappa shape index (κ2) is 6.04. The maximum atomic E-state index is 11.6. The van der Waals surface area contributed by atoms with E-state index in [0.717, 1.165) is 0 Å². The number of aliphatic hydroxyl groups excluding tert-OH is 2. The highest BCUT2D eigenvalue weighted by Crippen LogP contribution is 1.91. The standard InChI is InChI=1S/C7H13N5O3/c13-3-1-11(2-4-14)7(15)5-12-6-8-9-10-12/h6,13-14H,1-5H2. The Labute approximate surface area is 86.1 Å². The lowest BCUT2D eigenvalue weighted by atomic mass is 10.4. The van der Waals surface area contributed by atoms with Crippen LogP contribution in [-0.2, 0) is 11.3 Å². The number of hydrogen-bond acceptors (Lipinski definition) is 6. The van der Waals surface area contributed by atoms with Gasteiger partial charge in [-0.05, 0) is 10.4 Å². The molecule has 0 saturated heterocycles. The van der Waals surface area contributed by atoms with E-state index in [0.29, 0.717) is 0 Å². The minimum Gasteiger partial charge on any atom is -0.395 e. The van der Waals surface area contributed by atoms with Crippen LogP contribution in [0.5, 0.6) is 0 Å². The van der Waals surface area contributed by atoms with Crippen LogP contribution in [0.1, 0.15) is 0 Å². The van der Waals surface area contributed by atoms with Crippen molar-refractivity contribution in [2.75, 3.05) is 26.3 Å². The molecule has 8 heteroatoms. The van der Waals surface area contributed by atoms with Crippen LogP contribution < -0.4 is 0 Å². The average Bonchev–Trinajstić information content (AvgIpc) is 2.70. The van der Waals surface area contributed by atoms with Crippen LogP contribution in [0, 0.1) is 0 Å². The van der Waals surface area contributed by atoms with Crippen LogP contribution in [0.25, 0.3) is 0 Å². The van der Waals surface area contributed by atoms with Crippen molar-refractivity contribution in [1.29, 1.82) is 0 Å². The number of carbonyl (C=O) groups is 1. The molecule has 0 aliphatic carbocycles. The topological polar surface area (TPSA) is 104 Å². The monoisotopic (exact) mass is 215 g/mol. The van der Waals surface area contributed by atoms with Gasteiger partial charge in [-0.1, -0.05) is 0 Å². The predicted octanol–water partition coefficient (Wildman–Crippen LogP) is -2.51. The second-order valence-electron chi connectivity index (χ2n) is 2.84. The first-order valence-corrected chi connectivity index (χ1v) is 4.48. The van der Waals surface area contributed by atoms with E-state index in [1.807, 2.05) is 0 Å². The zero-order valence-corrected chi connectivity index (χ0v) is 8.15. The van der Waals surface area contributed by atoms with Gasteiger partial charge >= 0.3 is 0 Å². The Bertz CT molecular complexity index is 283.